The number of hydrogen-bond acceptors (Lipinski definition) is 7. The topological polar surface area (TPSA) is 100 Å². The lowest BCUT2D eigenvalue weighted by Crippen LogP contribution is -2.23. The molecule has 0 unspecified atom stereocenters. The van der Waals surface area contributed by atoms with Gasteiger partial charge in [-0.2, -0.15) is 5.26 Å². The third kappa shape index (κ3) is 6.41. The maximum atomic E-state index is 12.4. The minimum Gasteiger partial charge on any atom is -0.487 e. The largest absolute Gasteiger partial charge is 0.487 e. The normalized spacial score (nSPS) is 14.4. The lowest BCUT2D eigenvalue weighted by atomic mass is 10.0. The van der Waals surface area contributed by atoms with Gasteiger partial charge in [0.1, 0.15) is 22.7 Å². The van der Waals surface area contributed by atoms with Crippen LogP contribution in [0.2, 0.25) is 5.02 Å². The van der Waals surface area contributed by atoms with Crippen LogP contribution in [0.4, 0.5) is 5.82 Å². The van der Waals surface area contributed by atoms with Crippen LogP contribution in [0, 0.1) is 11.5 Å². The second kappa shape index (κ2) is 10.8. The quantitative estimate of drug-likeness (QED) is 0.627. The van der Waals surface area contributed by atoms with Crippen LogP contribution in [0.1, 0.15) is 24.6 Å². The Hall–Kier alpha value is -3.15. The lowest BCUT2D eigenvalue weighted by Gasteiger charge is -2.20. The molecule has 162 valence electrons. The van der Waals surface area contributed by atoms with E-state index < -0.39 is 0 Å². The molecule has 0 saturated heterocycles. The Morgan fingerprint density at radius 2 is 2.23 bits per heavy atom. The van der Waals surface area contributed by atoms with E-state index in [1.807, 2.05) is 25.1 Å². The van der Waals surface area contributed by atoms with Crippen molar-refractivity contribution in [1.82, 2.24) is 14.9 Å². The minimum atomic E-state index is -0.221. The zero-order chi connectivity index (χ0) is 22.2. The van der Waals surface area contributed by atoms with Crippen LogP contribution in [-0.2, 0) is 16.0 Å². The van der Waals surface area contributed by atoms with E-state index in [0.29, 0.717) is 36.3 Å². The van der Waals surface area contributed by atoms with E-state index in [2.05, 4.69) is 21.5 Å². The number of nitriles is 1. The third-order valence-corrected chi connectivity index (χ3v) is 4.97. The molecule has 1 N–H and O–H groups in total. The molecule has 31 heavy (non-hydrogen) atoms. The first-order chi connectivity index (χ1) is 15.0. The Morgan fingerprint density at radius 3 is 2.87 bits per heavy atom. The number of rotatable bonds is 8. The van der Waals surface area contributed by atoms with E-state index in [-0.39, 0.29) is 18.4 Å². The molecule has 1 aliphatic heterocycles. The summed E-state index contributed by atoms with van der Waals surface area (Å²) in [4.78, 5) is 22.7. The van der Waals surface area contributed by atoms with Gasteiger partial charge in [-0.3, -0.25) is 9.78 Å². The molecule has 1 aliphatic rings. The van der Waals surface area contributed by atoms with Crippen LogP contribution >= 0.6 is 11.6 Å². The summed E-state index contributed by atoms with van der Waals surface area (Å²) in [5.41, 5.74) is 2.77. The summed E-state index contributed by atoms with van der Waals surface area (Å²) in [6.07, 6.45) is 8.04. The fourth-order valence-electron chi connectivity index (χ4n) is 3.15. The van der Waals surface area contributed by atoms with Crippen molar-refractivity contribution in [2.45, 2.75) is 25.9 Å². The highest BCUT2D eigenvalue weighted by Crippen LogP contribution is 2.27. The molecule has 9 heteroatoms. The molecule has 0 spiro atoms. The molecule has 8 nitrogen and oxygen atoms in total. The fourth-order valence-corrected chi connectivity index (χ4v) is 3.30. The maximum absolute atomic E-state index is 12.4. The van der Waals surface area contributed by atoms with Gasteiger partial charge in [0.15, 0.2) is 6.19 Å². The van der Waals surface area contributed by atoms with Gasteiger partial charge in [-0.15, -0.1) is 0 Å². The Labute approximate surface area is 186 Å². The number of nitrogens with zero attached hydrogens (tertiary/aromatic N) is 4. The average Bonchev–Trinajstić information content (AvgIpc) is 2.77. The zero-order valence-corrected chi connectivity index (χ0v) is 18.2. The highest BCUT2D eigenvalue weighted by atomic mass is 35.5. The van der Waals surface area contributed by atoms with Gasteiger partial charge in [-0.1, -0.05) is 23.7 Å². The van der Waals surface area contributed by atoms with E-state index in [1.165, 1.54) is 6.20 Å². The second-order valence-corrected chi connectivity index (χ2v) is 7.59. The lowest BCUT2D eigenvalue weighted by molar-refractivity contribution is -0.115. The van der Waals surface area contributed by atoms with Gasteiger partial charge in [0.2, 0.25) is 5.91 Å². The maximum Gasteiger partial charge on any atom is 0.230 e. The average molecular weight is 442 g/mol. The molecule has 2 aromatic rings. The standard InChI is InChI=1S/C22H24ClN5O3/c1-15(13-30-2)31-20-10-21(26-12-18(20)23)27-22(29)9-16-3-4-19(25-11-16)17-5-7-28(14-24)8-6-17/h3-5,10-12,15H,6-9,13H2,1-2H3,(H,26,27,29)/t15-/m0/s1. The number of hydrogen-bond donors (Lipinski definition) is 1. The van der Waals surface area contributed by atoms with E-state index in [4.69, 9.17) is 26.3 Å². The molecule has 0 bridgehead atoms. The van der Waals surface area contributed by atoms with Crippen LogP contribution < -0.4 is 10.1 Å². The zero-order valence-electron chi connectivity index (χ0n) is 17.5. The molecule has 0 aliphatic carbocycles. The van der Waals surface area contributed by atoms with Gasteiger partial charge >= 0.3 is 0 Å². The number of amides is 1. The van der Waals surface area contributed by atoms with Crippen molar-refractivity contribution >= 4 is 28.9 Å². The number of halogens is 1. The van der Waals surface area contributed by atoms with E-state index in [9.17, 15) is 4.79 Å². The molecule has 0 aromatic carbocycles. The van der Waals surface area contributed by atoms with Gasteiger partial charge in [0, 0.05) is 32.5 Å². The summed E-state index contributed by atoms with van der Waals surface area (Å²) < 4.78 is 10.8. The van der Waals surface area contributed by atoms with Crippen molar-refractivity contribution in [1.29, 1.82) is 5.26 Å². The molecule has 0 saturated carbocycles. The monoisotopic (exact) mass is 441 g/mol. The Kier molecular flexibility index (Phi) is 7.82. The number of aromatic nitrogens is 2. The minimum absolute atomic E-state index is 0.162. The predicted octanol–water partition coefficient (Wildman–Crippen LogP) is 3.30. The van der Waals surface area contributed by atoms with Crippen molar-refractivity contribution < 1.29 is 14.3 Å². The van der Waals surface area contributed by atoms with E-state index in [1.54, 1.807) is 24.3 Å². The van der Waals surface area contributed by atoms with Gasteiger partial charge in [0.25, 0.3) is 0 Å². The summed E-state index contributed by atoms with van der Waals surface area (Å²) >= 11 is 6.13. The van der Waals surface area contributed by atoms with Crippen LogP contribution in [-0.4, -0.2) is 53.7 Å². The molecule has 0 fully saturated rings. The summed E-state index contributed by atoms with van der Waals surface area (Å²) in [6.45, 7) is 3.56. The Bertz CT molecular complexity index is 988. The number of carbonyl (C=O) groups excluding carboxylic acids is 1. The number of anilines is 1. The molecule has 2 aromatic heterocycles. The summed E-state index contributed by atoms with van der Waals surface area (Å²) in [5.74, 6) is 0.563. The predicted molar refractivity (Wildman–Crippen MR) is 118 cm³/mol. The first kappa shape index (κ1) is 22.5. The number of pyridine rings is 2. The number of nitrogens with one attached hydrogen (secondary N) is 1. The van der Waals surface area contributed by atoms with Gasteiger partial charge in [-0.05, 0) is 30.5 Å². The molecular weight excluding hydrogens is 418 g/mol. The molecule has 1 amide bonds. The molecule has 0 radical (unpaired) electrons. The highest BCUT2D eigenvalue weighted by Gasteiger charge is 2.14. The van der Waals surface area contributed by atoms with Crippen LogP contribution in [0.3, 0.4) is 0 Å². The molecular formula is C22H24ClN5O3. The van der Waals surface area contributed by atoms with E-state index >= 15 is 0 Å². The van der Waals surface area contributed by atoms with Crippen molar-refractivity contribution in [3.63, 3.8) is 0 Å². The highest BCUT2D eigenvalue weighted by molar-refractivity contribution is 6.32. The van der Waals surface area contributed by atoms with Gasteiger partial charge in [-0.25, -0.2) is 4.98 Å². The second-order valence-electron chi connectivity index (χ2n) is 7.19. The number of ether oxygens (including phenoxy) is 2. The van der Waals surface area contributed by atoms with Crippen molar-refractivity contribution in [3.8, 4) is 11.9 Å². The Balaban J connectivity index is 1.58. The van der Waals surface area contributed by atoms with Crippen molar-refractivity contribution in [3.05, 3.63) is 52.9 Å². The van der Waals surface area contributed by atoms with Crippen molar-refractivity contribution in [2.75, 3.05) is 32.1 Å². The molecule has 3 rings (SSSR count). The van der Waals surface area contributed by atoms with Crippen LogP contribution in [0.5, 0.6) is 5.75 Å². The smallest absolute Gasteiger partial charge is 0.230 e. The van der Waals surface area contributed by atoms with Crippen molar-refractivity contribution in [2.24, 2.45) is 0 Å². The number of carbonyl (C=O) groups is 1. The fraction of sp³-hybridized carbons (Fsp3) is 0.364. The third-order valence-electron chi connectivity index (χ3n) is 4.69. The van der Waals surface area contributed by atoms with Gasteiger partial charge in [0.05, 0.1) is 24.9 Å². The molecule has 3 heterocycles. The SMILES string of the molecule is COC[C@H](C)Oc1cc(NC(=O)Cc2ccc(C3=CCN(C#N)CC3)nc2)ncc1Cl. The summed E-state index contributed by atoms with van der Waals surface area (Å²) in [7, 11) is 1.59. The van der Waals surface area contributed by atoms with Crippen LogP contribution in [0.25, 0.3) is 5.57 Å². The van der Waals surface area contributed by atoms with Gasteiger partial charge < -0.3 is 19.7 Å². The first-order valence-electron chi connectivity index (χ1n) is 9.88. The summed E-state index contributed by atoms with van der Waals surface area (Å²) in [6, 6.07) is 5.38. The Morgan fingerprint density at radius 1 is 1.39 bits per heavy atom. The van der Waals surface area contributed by atoms with Crippen LogP contribution in [0.15, 0.2) is 36.7 Å². The molecule has 1 atom stereocenters. The van der Waals surface area contributed by atoms with E-state index in [0.717, 1.165) is 23.3 Å². The summed E-state index contributed by atoms with van der Waals surface area (Å²) in [5, 5.41) is 12.0. The number of methoxy groups -OCH3 is 1. The first-order valence-corrected chi connectivity index (χ1v) is 10.3.